The van der Waals surface area contributed by atoms with Crippen LogP contribution in [-0.4, -0.2) is 22.9 Å². The summed E-state index contributed by atoms with van der Waals surface area (Å²) in [7, 11) is 0. The van der Waals surface area contributed by atoms with Gasteiger partial charge in [0.15, 0.2) is 0 Å². The molecule has 1 aliphatic rings. The molecule has 1 aromatic carbocycles. The van der Waals surface area contributed by atoms with Crippen molar-refractivity contribution >= 4 is 0 Å². The third kappa shape index (κ3) is 3.71. The van der Waals surface area contributed by atoms with Crippen molar-refractivity contribution in [3.8, 4) is 5.75 Å². The Labute approximate surface area is 115 Å². The molecule has 1 aliphatic carbocycles. The highest BCUT2D eigenvalue weighted by atomic mass is 16.3. The lowest BCUT2D eigenvalue weighted by atomic mass is 9.86. The van der Waals surface area contributed by atoms with Crippen LogP contribution in [0.15, 0.2) is 24.3 Å². The first-order chi connectivity index (χ1) is 9.22. The minimum absolute atomic E-state index is 0.162. The molecule has 3 atom stereocenters. The van der Waals surface area contributed by atoms with Gasteiger partial charge >= 0.3 is 0 Å². The SMILES string of the molecule is CCC(NCC1CCCCC1O)c1ccccc1O. The highest BCUT2D eigenvalue weighted by Crippen LogP contribution is 2.28. The Hall–Kier alpha value is -1.06. The smallest absolute Gasteiger partial charge is 0.120 e. The monoisotopic (exact) mass is 263 g/mol. The van der Waals surface area contributed by atoms with Gasteiger partial charge in [0.25, 0.3) is 0 Å². The van der Waals surface area contributed by atoms with E-state index in [4.69, 9.17) is 0 Å². The average Bonchev–Trinajstić information content (AvgIpc) is 2.43. The molecular weight excluding hydrogens is 238 g/mol. The Bertz CT molecular complexity index is 394. The van der Waals surface area contributed by atoms with Gasteiger partial charge in [0.05, 0.1) is 6.10 Å². The molecule has 1 fully saturated rings. The molecular formula is C16H25NO2. The maximum Gasteiger partial charge on any atom is 0.120 e. The summed E-state index contributed by atoms with van der Waals surface area (Å²) in [5.41, 5.74) is 0.954. The minimum atomic E-state index is -0.164. The van der Waals surface area contributed by atoms with Crippen LogP contribution in [0.3, 0.4) is 0 Å². The summed E-state index contributed by atoms with van der Waals surface area (Å²) >= 11 is 0. The largest absolute Gasteiger partial charge is 0.508 e. The summed E-state index contributed by atoms with van der Waals surface area (Å²) in [6, 6.07) is 7.66. The van der Waals surface area contributed by atoms with Gasteiger partial charge in [-0.05, 0) is 31.2 Å². The normalized spacial score (nSPS) is 25.2. The Morgan fingerprint density at radius 2 is 2.00 bits per heavy atom. The maximum atomic E-state index is 9.99. The lowest BCUT2D eigenvalue weighted by Gasteiger charge is -2.29. The van der Waals surface area contributed by atoms with Crippen LogP contribution in [0, 0.1) is 5.92 Å². The molecule has 1 saturated carbocycles. The predicted molar refractivity (Wildman–Crippen MR) is 77.1 cm³/mol. The molecule has 3 nitrogen and oxygen atoms in total. The number of benzene rings is 1. The summed E-state index contributed by atoms with van der Waals surface area (Å²) in [5, 5.41) is 23.4. The summed E-state index contributed by atoms with van der Waals surface area (Å²) in [5.74, 6) is 0.708. The van der Waals surface area contributed by atoms with Crippen LogP contribution in [0.4, 0.5) is 0 Å². The average molecular weight is 263 g/mol. The van der Waals surface area contributed by atoms with Crippen molar-refractivity contribution in [3.63, 3.8) is 0 Å². The molecule has 0 bridgehead atoms. The first-order valence-electron chi connectivity index (χ1n) is 7.41. The number of aliphatic hydroxyl groups is 1. The Morgan fingerprint density at radius 3 is 2.68 bits per heavy atom. The fourth-order valence-corrected chi connectivity index (χ4v) is 2.98. The van der Waals surface area contributed by atoms with Crippen molar-refractivity contribution in [1.29, 1.82) is 0 Å². The number of aliphatic hydroxyl groups excluding tert-OH is 1. The van der Waals surface area contributed by atoms with E-state index in [1.165, 1.54) is 6.42 Å². The summed E-state index contributed by atoms with van der Waals surface area (Å²) in [4.78, 5) is 0. The second kappa shape index (κ2) is 6.92. The van der Waals surface area contributed by atoms with Crippen LogP contribution < -0.4 is 5.32 Å². The van der Waals surface area contributed by atoms with E-state index in [1.54, 1.807) is 6.07 Å². The number of phenols is 1. The second-order valence-electron chi connectivity index (χ2n) is 5.54. The van der Waals surface area contributed by atoms with Crippen molar-refractivity contribution in [2.75, 3.05) is 6.54 Å². The maximum absolute atomic E-state index is 9.99. The molecule has 3 unspecified atom stereocenters. The fraction of sp³-hybridized carbons (Fsp3) is 0.625. The molecule has 19 heavy (non-hydrogen) atoms. The molecule has 1 aromatic rings. The molecule has 0 spiro atoms. The molecule has 106 valence electrons. The summed E-state index contributed by atoms with van der Waals surface area (Å²) in [6.45, 7) is 2.94. The lowest BCUT2D eigenvalue weighted by Crippen LogP contribution is -2.35. The van der Waals surface area contributed by atoms with E-state index in [-0.39, 0.29) is 12.1 Å². The first-order valence-corrected chi connectivity index (χ1v) is 7.41. The highest BCUT2D eigenvalue weighted by Gasteiger charge is 2.24. The number of rotatable bonds is 5. The van der Waals surface area contributed by atoms with Gasteiger partial charge in [-0.25, -0.2) is 0 Å². The van der Waals surface area contributed by atoms with Gasteiger partial charge < -0.3 is 15.5 Å². The van der Waals surface area contributed by atoms with E-state index < -0.39 is 0 Å². The van der Waals surface area contributed by atoms with Crippen molar-refractivity contribution in [2.45, 2.75) is 51.2 Å². The standard InChI is InChI=1S/C16H25NO2/c1-2-14(13-8-4-6-10-16(13)19)17-11-12-7-3-5-9-15(12)18/h4,6,8,10,12,14-15,17-19H,2-3,5,7,9,11H2,1H3. The number of phenolic OH excluding ortho intramolecular Hbond substituents is 1. The van der Waals surface area contributed by atoms with E-state index >= 15 is 0 Å². The van der Waals surface area contributed by atoms with Gasteiger partial charge in [-0.2, -0.15) is 0 Å². The molecule has 0 amide bonds. The van der Waals surface area contributed by atoms with Crippen LogP contribution in [-0.2, 0) is 0 Å². The molecule has 0 aromatic heterocycles. The predicted octanol–water partition coefficient (Wildman–Crippen LogP) is 2.98. The van der Waals surface area contributed by atoms with Crippen LogP contribution in [0.25, 0.3) is 0 Å². The van der Waals surface area contributed by atoms with E-state index in [0.29, 0.717) is 11.7 Å². The Balaban J connectivity index is 1.94. The fourth-order valence-electron chi connectivity index (χ4n) is 2.98. The summed E-state index contributed by atoms with van der Waals surface area (Å²) in [6.07, 6.45) is 5.17. The van der Waals surface area contributed by atoms with Crippen LogP contribution >= 0.6 is 0 Å². The van der Waals surface area contributed by atoms with E-state index in [1.807, 2.05) is 18.2 Å². The molecule has 2 rings (SSSR count). The second-order valence-corrected chi connectivity index (χ2v) is 5.54. The van der Waals surface area contributed by atoms with E-state index in [2.05, 4.69) is 12.2 Å². The van der Waals surface area contributed by atoms with Crippen LogP contribution in [0.1, 0.15) is 50.6 Å². The zero-order chi connectivity index (χ0) is 13.7. The van der Waals surface area contributed by atoms with Crippen molar-refractivity contribution in [1.82, 2.24) is 5.32 Å². The topological polar surface area (TPSA) is 52.5 Å². The number of aromatic hydroxyl groups is 1. The van der Waals surface area contributed by atoms with Crippen LogP contribution in [0.5, 0.6) is 5.75 Å². The van der Waals surface area contributed by atoms with Crippen molar-refractivity contribution < 1.29 is 10.2 Å². The first kappa shape index (κ1) is 14.4. The van der Waals surface area contributed by atoms with Gasteiger partial charge in [-0.1, -0.05) is 38.0 Å². The molecule has 0 aliphatic heterocycles. The third-order valence-corrected chi connectivity index (χ3v) is 4.22. The highest BCUT2D eigenvalue weighted by molar-refractivity contribution is 5.34. The number of hydrogen-bond donors (Lipinski definition) is 3. The molecule has 0 heterocycles. The van der Waals surface area contributed by atoms with Gasteiger partial charge in [-0.15, -0.1) is 0 Å². The zero-order valence-corrected chi connectivity index (χ0v) is 11.7. The quantitative estimate of drug-likeness (QED) is 0.765. The number of nitrogens with one attached hydrogen (secondary N) is 1. The lowest BCUT2D eigenvalue weighted by molar-refractivity contribution is 0.0679. The summed E-state index contributed by atoms with van der Waals surface area (Å²) < 4.78 is 0. The van der Waals surface area contributed by atoms with Gasteiger partial charge in [-0.3, -0.25) is 0 Å². The third-order valence-electron chi connectivity index (χ3n) is 4.22. The molecule has 3 N–H and O–H groups in total. The van der Waals surface area contributed by atoms with Gasteiger partial charge in [0, 0.05) is 18.2 Å². The van der Waals surface area contributed by atoms with Crippen molar-refractivity contribution in [2.24, 2.45) is 5.92 Å². The molecule has 3 heteroatoms. The minimum Gasteiger partial charge on any atom is -0.508 e. The Kier molecular flexibility index (Phi) is 5.23. The van der Waals surface area contributed by atoms with Crippen molar-refractivity contribution in [3.05, 3.63) is 29.8 Å². The Morgan fingerprint density at radius 1 is 1.26 bits per heavy atom. The molecule has 0 radical (unpaired) electrons. The molecule has 0 saturated heterocycles. The van der Waals surface area contributed by atoms with Gasteiger partial charge in [0.1, 0.15) is 5.75 Å². The van der Waals surface area contributed by atoms with Gasteiger partial charge in [0.2, 0.25) is 0 Å². The number of hydrogen-bond acceptors (Lipinski definition) is 3. The van der Waals surface area contributed by atoms with E-state index in [9.17, 15) is 10.2 Å². The van der Waals surface area contributed by atoms with E-state index in [0.717, 1.165) is 37.8 Å². The van der Waals surface area contributed by atoms with Crippen LogP contribution in [0.2, 0.25) is 0 Å². The zero-order valence-electron chi connectivity index (χ0n) is 11.7. The number of para-hydroxylation sites is 1.